The fourth-order valence-electron chi connectivity index (χ4n) is 1.64. The van der Waals surface area contributed by atoms with Gasteiger partial charge >= 0.3 is 0 Å². The van der Waals surface area contributed by atoms with Gasteiger partial charge in [0.25, 0.3) is 5.56 Å². The Morgan fingerprint density at radius 2 is 2.15 bits per heavy atom. The summed E-state index contributed by atoms with van der Waals surface area (Å²) >= 11 is 6.02. The van der Waals surface area contributed by atoms with Crippen molar-refractivity contribution in [2.75, 3.05) is 11.9 Å². The summed E-state index contributed by atoms with van der Waals surface area (Å²) in [6.45, 7) is 6.78. The Morgan fingerprint density at radius 1 is 1.45 bits per heavy atom. The second-order valence-electron chi connectivity index (χ2n) is 4.56. The molecule has 1 amide bonds. The summed E-state index contributed by atoms with van der Waals surface area (Å²) in [6.07, 6.45) is 3.14. The molecule has 0 aliphatic rings. The molecule has 1 atom stereocenters. The van der Waals surface area contributed by atoms with Crippen molar-refractivity contribution >= 4 is 23.2 Å². The zero-order valence-corrected chi connectivity index (χ0v) is 12.8. The molecule has 0 spiro atoms. The fraction of sp³-hybridized carbons (Fsp3) is 0.615. The molecule has 6 nitrogen and oxygen atoms in total. The average Bonchev–Trinajstić information content (AvgIpc) is 2.44. The first-order valence-corrected chi connectivity index (χ1v) is 7.18. The predicted molar refractivity (Wildman–Crippen MR) is 80.2 cm³/mol. The van der Waals surface area contributed by atoms with Crippen molar-refractivity contribution in [3.05, 3.63) is 21.6 Å². The molecule has 7 heteroatoms. The molecule has 2 N–H and O–H groups in total. The maximum atomic E-state index is 11.9. The summed E-state index contributed by atoms with van der Waals surface area (Å²) in [5, 5.41) is 9.77. The van der Waals surface area contributed by atoms with Crippen LogP contribution in [0.4, 0.5) is 5.69 Å². The van der Waals surface area contributed by atoms with Gasteiger partial charge in [0.05, 0.1) is 11.9 Å². The molecule has 1 unspecified atom stereocenters. The van der Waals surface area contributed by atoms with Crippen LogP contribution in [0.15, 0.2) is 11.0 Å². The van der Waals surface area contributed by atoms with Crippen LogP contribution in [0.1, 0.15) is 33.6 Å². The van der Waals surface area contributed by atoms with Crippen LogP contribution in [0.25, 0.3) is 0 Å². The van der Waals surface area contributed by atoms with E-state index in [4.69, 9.17) is 11.6 Å². The lowest BCUT2D eigenvalue weighted by Crippen LogP contribution is -2.38. The summed E-state index contributed by atoms with van der Waals surface area (Å²) in [6, 6.07) is -0.484. The Kier molecular flexibility index (Phi) is 6.51. The van der Waals surface area contributed by atoms with Gasteiger partial charge in [-0.3, -0.25) is 9.59 Å². The highest BCUT2D eigenvalue weighted by Gasteiger charge is 2.15. The number of anilines is 1. The van der Waals surface area contributed by atoms with Gasteiger partial charge in [0, 0.05) is 13.1 Å². The van der Waals surface area contributed by atoms with Gasteiger partial charge in [0.1, 0.15) is 11.1 Å². The molecule has 0 aliphatic heterocycles. The number of hydrogen-bond acceptors (Lipinski definition) is 4. The Balaban J connectivity index is 2.80. The molecule has 0 aliphatic carbocycles. The lowest BCUT2D eigenvalue weighted by atomic mass is 10.3. The Bertz CT molecular complexity index is 516. The molecular formula is C13H21ClN4O2. The van der Waals surface area contributed by atoms with E-state index < -0.39 is 6.04 Å². The van der Waals surface area contributed by atoms with E-state index in [1.165, 1.54) is 10.9 Å². The highest BCUT2D eigenvalue weighted by Crippen LogP contribution is 2.16. The molecule has 20 heavy (non-hydrogen) atoms. The van der Waals surface area contributed by atoms with Crippen LogP contribution in [0.3, 0.4) is 0 Å². The van der Waals surface area contributed by atoms with Crippen molar-refractivity contribution in [2.45, 2.75) is 46.2 Å². The van der Waals surface area contributed by atoms with Gasteiger partial charge < -0.3 is 10.6 Å². The summed E-state index contributed by atoms with van der Waals surface area (Å²) in [4.78, 5) is 23.7. The third-order valence-corrected chi connectivity index (χ3v) is 3.10. The maximum absolute atomic E-state index is 11.9. The van der Waals surface area contributed by atoms with E-state index >= 15 is 0 Å². The molecule has 0 radical (unpaired) electrons. The quantitative estimate of drug-likeness (QED) is 0.802. The van der Waals surface area contributed by atoms with Crippen LogP contribution < -0.4 is 16.2 Å². The van der Waals surface area contributed by atoms with E-state index in [1.807, 2.05) is 13.8 Å². The van der Waals surface area contributed by atoms with Gasteiger partial charge in [-0.25, -0.2) is 4.68 Å². The van der Waals surface area contributed by atoms with Gasteiger partial charge in [-0.15, -0.1) is 0 Å². The monoisotopic (exact) mass is 300 g/mol. The number of halogens is 1. The summed E-state index contributed by atoms with van der Waals surface area (Å²) in [5.74, 6) is -0.138. The van der Waals surface area contributed by atoms with Crippen molar-refractivity contribution < 1.29 is 4.79 Å². The minimum Gasteiger partial charge on any atom is -0.371 e. The van der Waals surface area contributed by atoms with Crippen LogP contribution in [0.2, 0.25) is 5.02 Å². The van der Waals surface area contributed by atoms with Crippen LogP contribution in [0.5, 0.6) is 0 Å². The van der Waals surface area contributed by atoms with E-state index in [-0.39, 0.29) is 16.5 Å². The number of nitrogens with zero attached hydrogens (tertiary/aromatic N) is 2. The standard InChI is InChI=1S/C13H21ClN4O2/c1-4-6-15-12(19)9(3)17-10-8-16-18(7-5-2)13(20)11(10)14/h8-9,17H,4-7H2,1-3H3,(H,15,19). The van der Waals surface area contributed by atoms with Crippen LogP contribution in [-0.2, 0) is 11.3 Å². The number of carbonyl (C=O) groups excluding carboxylic acids is 1. The minimum atomic E-state index is -0.484. The molecule has 1 aromatic rings. The van der Waals surface area contributed by atoms with Gasteiger partial charge in [0.2, 0.25) is 5.91 Å². The second-order valence-corrected chi connectivity index (χ2v) is 4.94. The normalized spacial score (nSPS) is 12.0. The van der Waals surface area contributed by atoms with Crippen molar-refractivity contribution in [3.8, 4) is 0 Å². The summed E-state index contributed by atoms with van der Waals surface area (Å²) in [7, 11) is 0. The maximum Gasteiger partial charge on any atom is 0.287 e. The second kappa shape index (κ2) is 7.89. The van der Waals surface area contributed by atoms with E-state index in [2.05, 4.69) is 15.7 Å². The van der Waals surface area contributed by atoms with Crippen molar-refractivity contribution in [2.24, 2.45) is 0 Å². The fourth-order valence-corrected chi connectivity index (χ4v) is 1.84. The third-order valence-electron chi connectivity index (χ3n) is 2.73. The highest BCUT2D eigenvalue weighted by molar-refractivity contribution is 6.33. The predicted octanol–water partition coefficient (Wildman–Crippen LogP) is 1.63. The molecule has 0 saturated heterocycles. The van der Waals surface area contributed by atoms with Gasteiger partial charge in [-0.2, -0.15) is 5.10 Å². The molecule has 1 heterocycles. The molecule has 1 rings (SSSR count). The zero-order valence-electron chi connectivity index (χ0n) is 12.1. The van der Waals surface area contributed by atoms with E-state index in [1.54, 1.807) is 6.92 Å². The number of hydrogen-bond donors (Lipinski definition) is 2. The van der Waals surface area contributed by atoms with Crippen LogP contribution in [-0.4, -0.2) is 28.3 Å². The summed E-state index contributed by atoms with van der Waals surface area (Å²) in [5.41, 5.74) is 0.0304. The number of nitrogens with one attached hydrogen (secondary N) is 2. The first kappa shape index (κ1) is 16.5. The Hall–Kier alpha value is -1.56. The first-order chi connectivity index (χ1) is 9.51. The number of carbonyl (C=O) groups is 1. The summed E-state index contributed by atoms with van der Waals surface area (Å²) < 4.78 is 1.31. The van der Waals surface area contributed by atoms with E-state index in [0.717, 1.165) is 12.8 Å². The SMILES string of the molecule is CCCNC(=O)C(C)Nc1cnn(CCC)c(=O)c1Cl. The molecule has 0 fully saturated rings. The molecular weight excluding hydrogens is 280 g/mol. The van der Waals surface area contributed by atoms with Gasteiger partial charge in [0.15, 0.2) is 0 Å². The van der Waals surface area contributed by atoms with Crippen molar-refractivity contribution in [3.63, 3.8) is 0 Å². The smallest absolute Gasteiger partial charge is 0.287 e. The van der Waals surface area contributed by atoms with E-state index in [0.29, 0.717) is 18.8 Å². The number of aromatic nitrogens is 2. The largest absolute Gasteiger partial charge is 0.371 e. The number of aryl methyl sites for hydroxylation is 1. The molecule has 0 saturated carbocycles. The lowest BCUT2D eigenvalue weighted by molar-refractivity contribution is -0.121. The van der Waals surface area contributed by atoms with Crippen molar-refractivity contribution in [1.82, 2.24) is 15.1 Å². The van der Waals surface area contributed by atoms with Crippen LogP contribution in [0, 0.1) is 0 Å². The molecule has 1 aromatic heterocycles. The van der Waals surface area contributed by atoms with Gasteiger partial charge in [-0.1, -0.05) is 25.4 Å². The molecule has 0 bridgehead atoms. The number of rotatable bonds is 7. The molecule has 112 valence electrons. The minimum absolute atomic E-state index is 0.0589. The Labute approximate surface area is 123 Å². The Morgan fingerprint density at radius 3 is 2.75 bits per heavy atom. The first-order valence-electron chi connectivity index (χ1n) is 6.81. The van der Waals surface area contributed by atoms with E-state index in [9.17, 15) is 9.59 Å². The highest BCUT2D eigenvalue weighted by atomic mass is 35.5. The van der Waals surface area contributed by atoms with Crippen molar-refractivity contribution in [1.29, 1.82) is 0 Å². The number of amides is 1. The lowest BCUT2D eigenvalue weighted by Gasteiger charge is -2.16. The van der Waals surface area contributed by atoms with Crippen LogP contribution >= 0.6 is 11.6 Å². The van der Waals surface area contributed by atoms with Gasteiger partial charge in [-0.05, 0) is 19.8 Å². The topological polar surface area (TPSA) is 76.0 Å². The average molecular weight is 301 g/mol. The zero-order chi connectivity index (χ0) is 15.1. The molecule has 0 aromatic carbocycles. The third kappa shape index (κ3) is 4.23.